The maximum atomic E-state index is 14.0. The quantitative estimate of drug-likeness (QED) is 0.629. The van der Waals surface area contributed by atoms with Crippen molar-refractivity contribution in [2.24, 2.45) is 0 Å². The molecule has 0 bridgehead atoms. The highest BCUT2D eigenvalue weighted by Crippen LogP contribution is 2.25. The van der Waals surface area contributed by atoms with E-state index in [1.807, 2.05) is 0 Å². The molecule has 0 saturated carbocycles. The van der Waals surface area contributed by atoms with Gasteiger partial charge >= 0.3 is 6.09 Å². The van der Waals surface area contributed by atoms with E-state index in [4.69, 9.17) is 4.74 Å². The Morgan fingerprint density at radius 1 is 1.07 bits per heavy atom. The molecule has 0 heterocycles. The van der Waals surface area contributed by atoms with Gasteiger partial charge in [-0.1, -0.05) is 28.1 Å². The number of ketones is 1. The molecule has 154 valence electrons. The van der Waals surface area contributed by atoms with Crippen LogP contribution >= 0.6 is 15.9 Å². The fourth-order valence-electron chi connectivity index (χ4n) is 2.39. The van der Waals surface area contributed by atoms with Crippen LogP contribution in [0.1, 0.15) is 43.6 Å². The van der Waals surface area contributed by atoms with E-state index in [9.17, 15) is 18.8 Å². The van der Waals surface area contributed by atoms with Crippen LogP contribution < -0.4 is 10.6 Å². The number of alkyl carbamates (subject to hydrolysis) is 1. The molecule has 1 atom stereocenters. The van der Waals surface area contributed by atoms with E-state index in [0.717, 1.165) is 0 Å². The normalized spacial score (nSPS) is 12.1. The average molecular weight is 465 g/mol. The van der Waals surface area contributed by atoms with E-state index in [0.29, 0.717) is 4.47 Å². The maximum Gasteiger partial charge on any atom is 0.408 e. The molecule has 8 heteroatoms. The van der Waals surface area contributed by atoms with Crippen molar-refractivity contribution in [3.05, 3.63) is 63.9 Å². The summed E-state index contributed by atoms with van der Waals surface area (Å²) in [5, 5.41) is 5.03. The van der Waals surface area contributed by atoms with Gasteiger partial charge in [0.1, 0.15) is 17.5 Å². The lowest BCUT2D eigenvalue weighted by atomic mass is 10.0. The molecule has 2 aromatic carbocycles. The zero-order valence-corrected chi connectivity index (χ0v) is 18.1. The predicted molar refractivity (Wildman–Crippen MR) is 111 cm³/mol. The van der Waals surface area contributed by atoms with Gasteiger partial charge in [-0.3, -0.25) is 9.59 Å². The molecule has 0 aliphatic heterocycles. The summed E-state index contributed by atoms with van der Waals surface area (Å²) >= 11 is 3.28. The number of halogens is 2. The topological polar surface area (TPSA) is 84.5 Å². The lowest BCUT2D eigenvalue weighted by molar-refractivity contribution is -0.117. The predicted octanol–water partition coefficient (Wildman–Crippen LogP) is 4.67. The van der Waals surface area contributed by atoms with Gasteiger partial charge < -0.3 is 15.4 Å². The highest BCUT2D eigenvalue weighted by Gasteiger charge is 2.23. The fourth-order valence-corrected chi connectivity index (χ4v) is 2.76. The summed E-state index contributed by atoms with van der Waals surface area (Å²) in [7, 11) is 0. The van der Waals surface area contributed by atoms with Crippen LogP contribution in [0.3, 0.4) is 0 Å². The second-order valence-corrected chi connectivity index (χ2v) is 8.27. The third-order valence-corrected chi connectivity index (χ3v) is 4.22. The molecule has 29 heavy (non-hydrogen) atoms. The fraction of sp³-hybridized carbons (Fsp3) is 0.286. The Balaban J connectivity index is 2.21. The molecule has 0 aliphatic rings. The molecule has 0 fully saturated rings. The molecule has 6 nitrogen and oxygen atoms in total. The van der Waals surface area contributed by atoms with E-state index < -0.39 is 35.2 Å². The van der Waals surface area contributed by atoms with Crippen molar-refractivity contribution in [3.8, 4) is 0 Å². The smallest absolute Gasteiger partial charge is 0.408 e. The minimum Gasteiger partial charge on any atom is -0.444 e. The number of carbonyl (C=O) groups excluding carboxylic acids is 3. The van der Waals surface area contributed by atoms with Crippen molar-refractivity contribution in [1.82, 2.24) is 5.32 Å². The van der Waals surface area contributed by atoms with Gasteiger partial charge in [0.15, 0.2) is 5.78 Å². The Morgan fingerprint density at radius 2 is 1.72 bits per heavy atom. The van der Waals surface area contributed by atoms with Crippen LogP contribution in [0, 0.1) is 5.82 Å². The zero-order valence-electron chi connectivity index (χ0n) is 16.5. The van der Waals surface area contributed by atoms with Crippen molar-refractivity contribution in [1.29, 1.82) is 0 Å². The van der Waals surface area contributed by atoms with Crippen molar-refractivity contribution in [2.45, 2.75) is 39.3 Å². The number of nitrogens with one attached hydrogen (secondary N) is 2. The summed E-state index contributed by atoms with van der Waals surface area (Å²) in [4.78, 5) is 37.2. The van der Waals surface area contributed by atoms with Gasteiger partial charge in [-0.25, -0.2) is 9.18 Å². The van der Waals surface area contributed by atoms with Gasteiger partial charge in [-0.15, -0.1) is 0 Å². The largest absolute Gasteiger partial charge is 0.444 e. The number of hydrogen-bond acceptors (Lipinski definition) is 4. The third kappa shape index (κ3) is 6.39. The Morgan fingerprint density at radius 3 is 2.34 bits per heavy atom. The standard InChI is InChI=1S/C21H22BrFN2O4/c1-12(24-20(28)29-21(2,3)4)19(27)25-17-10-9-13(22)11-15(17)18(26)14-7-5-6-8-16(14)23/h5-12H,1-4H3,(H,24,28)(H,25,27)/t12-/m1/s1. The molecule has 0 aromatic heterocycles. The summed E-state index contributed by atoms with van der Waals surface area (Å²) in [5.41, 5.74) is -0.502. The highest BCUT2D eigenvalue weighted by atomic mass is 79.9. The van der Waals surface area contributed by atoms with E-state index in [2.05, 4.69) is 26.6 Å². The molecule has 0 aliphatic carbocycles. The molecular formula is C21H22BrFN2O4. The first-order valence-corrected chi connectivity index (χ1v) is 9.66. The third-order valence-electron chi connectivity index (χ3n) is 3.73. The van der Waals surface area contributed by atoms with Gasteiger partial charge in [0.2, 0.25) is 5.91 Å². The molecule has 2 N–H and O–H groups in total. The number of anilines is 1. The van der Waals surface area contributed by atoms with Gasteiger partial charge in [-0.05, 0) is 58.0 Å². The first-order valence-electron chi connectivity index (χ1n) is 8.87. The number of benzene rings is 2. The van der Waals surface area contributed by atoms with Crippen molar-refractivity contribution in [2.75, 3.05) is 5.32 Å². The van der Waals surface area contributed by atoms with E-state index >= 15 is 0 Å². The van der Waals surface area contributed by atoms with Crippen LogP contribution in [0.4, 0.5) is 14.9 Å². The Labute approximate surface area is 177 Å². The van der Waals surface area contributed by atoms with E-state index in [1.165, 1.54) is 37.3 Å². The molecule has 0 saturated heterocycles. The summed E-state index contributed by atoms with van der Waals surface area (Å²) in [6.45, 7) is 6.61. The second kappa shape index (κ2) is 9.17. The van der Waals surface area contributed by atoms with Crippen molar-refractivity contribution >= 4 is 39.4 Å². The number of ether oxygens (including phenoxy) is 1. The SMILES string of the molecule is C[C@@H](NC(=O)OC(C)(C)C)C(=O)Nc1ccc(Br)cc1C(=O)c1ccccc1F. The Bertz CT molecular complexity index is 941. The van der Waals surface area contributed by atoms with Crippen LogP contribution in [0.15, 0.2) is 46.9 Å². The lowest BCUT2D eigenvalue weighted by Crippen LogP contribution is -2.44. The molecular weight excluding hydrogens is 443 g/mol. The number of carbonyl (C=O) groups is 3. The van der Waals surface area contributed by atoms with Crippen LogP contribution in [-0.4, -0.2) is 29.4 Å². The number of amides is 2. The average Bonchev–Trinajstić information content (AvgIpc) is 2.61. The molecule has 0 unspecified atom stereocenters. The molecule has 2 amide bonds. The van der Waals surface area contributed by atoms with Crippen molar-refractivity contribution in [3.63, 3.8) is 0 Å². The number of rotatable bonds is 5. The number of hydrogen-bond donors (Lipinski definition) is 2. The van der Waals surface area contributed by atoms with Gasteiger partial charge in [0.05, 0.1) is 11.3 Å². The van der Waals surface area contributed by atoms with E-state index in [-0.39, 0.29) is 16.8 Å². The lowest BCUT2D eigenvalue weighted by Gasteiger charge is -2.22. The minimum atomic E-state index is -0.926. The second-order valence-electron chi connectivity index (χ2n) is 7.36. The summed E-state index contributed by atoms with van der Waals surface area (Å²) in [5.74, 6) is -1.79. The Kier molecular flexibility index (Phi) is 7.13. The summed E-state index contributed by atoms with van der Waals surface area (Å²) in [6.07, 6.45) is -0.737. The monoisotopic (exact) mass is 464 g/mol. The van der Waals surface area contributed by atoms with Crippen molar-refractivity contribution < 1.29 is 23.5 Å². The molecule has 0 radical (unpaired) electrons. The summed E-state index contributed by atoms with van der Waals surface area (Å²) in [6, 6.07) is 9.34. The maximum absolute atomic E-state index is 14.0. The van der Waals surface area contributed by atoms with Gasteiger partial charge in [0, 0.05) is 10.0 Å². The zero-order chi connectivity index (χ0) is 21.8. The molecule has 2 rings (SSSR count). The van der Waals surface area contributed by atoms with E-state index in [1.54, 1.807) is 32.9 Å². The van der Waals surface area contributed by atoms with Gasteiger partial charge in [-0.2, -0.15) is 0 Å². The minimum absolute atomic E-state index is 0.110. The van der Waals surface area contributed by atoms with Crippen LogP contribution in [0.25, 0.3) is 0 Å². The first kappa shape index (κ1) is 22.5. The summed E-state index contributed by atoms with van der Waals surface area (Å²) < 4.78 is 19.8. The van der Waals surface area contributed by atoms with Crippen LogP contribution in [0.5, 0.6) is 0 Å². The Hall–Kier alpha value is -2.74. The highest BCUT2D eigenvalue weighted by molar-refractivity contribution is 9.10. The van der Waals surface area contributed by atoms with Crippen LogP contribution in [0.2, 0.25) is 0 Å². The molecule has 0 spiro atoms. The van der Waals surface area contributed by atoms with Gasteiger partial charge in [0.25, 0.3) is 0 Å². The first-order chi connectivity index (χ1) is 13.5. The van der Waals surface area contributed by atoms with Crippen LogP contribution in [-0.2, 0) is 9.53 Å². The molecule has 2 aromatic rings.